The zero-order chi connectivity index (χ0) is 12.6. The number of benzene rings is 1. The average molecular weight is 253 g/mol. The second-order valence-corrected chi connectivity index (χ2v) is 5.49. The van der Waals surface area contributed by atoms with E-state index in [-0.39, 0.29) is 11.2 Å². The summed E-state index contributed by atoms with van der Waals surface area (Å²) in [5, 5.41) is 0.745. The fourth-order valence-corrected chi connectivity index (χ4v) is 2.50. The highest BCUT2D eigenvalue weighted by atomic mass is 35.5. The van der Waals surface area contributed by atoms with Gasteiger partial charge in [0.1, 0.15) is 11.5 Å². The molecule has 17 heavy (non-hydrogen) atoms. The maximum atomic E-state index is 11.3. The van der Waals surface area contributed by atoms with Crippen molar-refractivity contribution in [3.63, 3.8) is 0 Å². The first kappa shape index (κ1) is 12.4. The predicted octanol–water partition coefficient (Wildman–Crippen LogP) is 3.53. The minimum absolute atomic E-state index is 0.137. The summed E-state index contributed by atoms with van der Waals surface area (Å²) >= 11 is 6.28. The molecule has 0 spiro atoms. The minimum atomic E-state index is 0.137. The summed E-state index contributed by atoms with van der Waals surface area (Å²) in [6.45, 7) is 3.80. The van der Waals surface area contributed by atoms with E-state index in [1.165, 1.54) is 12.8 Å². The first-order valence-corrected chi connectivity index (χ1v) is 6.20. The number of carbonyl (C=O) groups is 1. The number of hydrogen-bond acceptors (Lipinski definition) is 2. The van der Waals surface area contributed by atoms with E-state index < -0.39 is 0 Å². The SMILES string of the molecule is COc1cc(Cl)c(C2(C)CC2)cc1CC(C)=O. The zero-order valence-corrected chi connectivity index (χ0v) is 11.2. The van der Waals surface area contributed by atoms with Crippen LogP contribution in [0.2, 0.25) is 5.02 Å². The highest BCUT2D eigenvalue weighted by Crippen LogP contribution is 2.51. The molecule has 2 nitrogen and oxygen atoms in total. The topological polar surface area (TPSA) is 26.3 Å². The molecule has 1 aliphatic rings. The average Bonchev–Trinajstić information content (AvgIpc) is 2.99. The Hall–Kier alpha value is -1.02. The Morgan fingerprint density at radius 2 is 2.12 bits per heavy atom. The Balaban J connectivity index is 2.45. The van der Waals surface area contributed by atoms with Gasteiger partial charge in [0, 0.05) is 17.0 Å². The fraction of sp³-hybridized carbons (Fsp3) is 0.500. The smallest absolute Gasteiger partial charge is 0.134 e. The quantitative estimate of drug-likeness (QED) is 0.820. The third-order valence-electron chi connectivity index (χ3n) is 3.46. The second-order valence-electron chi connectivity index (χ2n) is 5.08. The van der Waals surface area contributed by atoms with Crippen molar-refractivity contribution in [2.24, 2.45) is 0 Å². The van der Waals surface area contributed by atoms with Crippen molar-refractivity contribution >= 4 is 17.4 Å². The summed E-state index contributed by atoms with van der Waals surface area (Å²) in [6, 6.07) is 3.87. The molecule has 3 heteroatoms. The number of Topliss-reactive ketones (excluding diaryl/α,β-unsaturated/α-hetero) is 1. The van der Waals surface area contributed by atoms with Crippen LogP contribution in [0.25, 0.3) is 0 Å². The van der Waals surface area contributed by atoms with Crippen LogP contribution in [0.5, 0.6) is 5.75 Å². The van der Waals surface area contributed by atoms with E-state index in [9.17, 15) is 4.79 Å². The molecule has 0 amide bonds. The van der Waals surface area contributed by atoms with Crippen molar-refractivity contribution in [1.82, 2.24) is 0 Å². The molecule has 1 aliphatic carbocycles. The van der Waals surface area contributed by atoms with Crippen molar-refractivity contribution in [2.75, 3.05) is 7.11 Å². The van der Waals surface area contributed by atoms with Crippen LogP contribution in [0.1, 0.15) is 37.8 Å². The van der Waals surface area contributed by atoms with Crippen molar-refractivity contribution in [2.45, 2.75) is 38.5 Å². The van der Waals surface area contributed by atoms with Crippen LogP contribution in [0.4, 0.5) is 0 Å². The lowest BCUT2D eigenvalue weighted by molar-refractivity contribution is -0.116. The highest BCUT2D eigenvalue weighted by Gasteiger charge is 2.40. The van der Waals surface area contributed by atoms with E-state index >= 15 is 0 Å². The number of ether oxygens (including phenoxy) is 1. The van der Waals surface area contributed by atoms with Crippen molar-refractivity contribution in [1.29, 1.82) is 0 Å². The summed E-state index contributed by atoms with van der Waals surface area (Å²) in [4.78, 5) is 11.3. The number of ketones is 1. The molecule has 0 aromatic heterocycles. The molecule has 0 atom stereocenters. The minimum Gasteiger partial charge on any atom is -0.496 e. The van der Waals surface area contributed by atoms with Gasteiger partial charge in [-0.25, -0.2) is 0 Å². The Kier molecular flexibility index (Phi) is 3.17. The normalized spacial score (nSPS) is 16.7. The van der Waals surface area contributed by atoms with E-state index in [4.69, 9.17) is 16.3 Å². The molecule has 1 aromatic carbocycles. The van der Waals surface area contributed by atoms with E-state index in [0.717, 1.165) is 16.1 Å². The molecule has 0 radical (unpaired) electrons. The van der Waals surface area contributed by atoms with E-state index in [2.05, 4.69) is 6.92 Å². The molecule has 1 saturated carbocycles. The van der Waals surface area contributed by atoms with Gasteiger partial charge in [0.05, 0.1) is 7.11 Å². The Morgan fingerprint density at radius 3 is 2.59 bits per heavy atom. The van der Waals surface area contributed by atoms with E-state index in [1.807, 2.05) is 12.1 Å². The first-order valence-electron chi connectivity index (χ1n) is 5.82. The third-order valence-corrected chi connectivity index (χ3v) is 3.77. The molecule has 92 valence electrons. The molecule has 0 saturated heterocycles. The summed E-state index contributed by atoms with van der Waals surface area (Å²) < 4.78 is 5.28. The molecule has 0 N–H and O–H groups in total. The van der Waals surface area contributed by atoms with E-state index in [1.54, 1.807) is 14.0 Å². The molecule has 2 rings (SSSR count). The van der Waals surface area contributed by atoms with Crippen molar-refractivity contribution in [3.05, 3.63) is 28.3 Å². The van der Waals surface area contributed by atoms with Crippen molar-refractivity contribution < 1.29 is 9.53 Å². The molecule has 0 unspecified atom stereocenters. The van der Waals surface area contributed by atoms with Gasteiger partial charge in [-0.05, 0) is 42.9 Å². The summed E-state index contributed by atoms with van der Waals surface area (Å²) in [7, 11) is 1.60. The lowest BCUT2D eigenvalue weighted by Crippen LogP contribution is -2.06. The van der Waals surface area contributed by atoms with Crippen LogP contribution in [0, 0.1) is 0 Å². The molecule has 1 fully saturated rings. The Labute approximate surface area is 107 Å². The van der Waals surface area contributed by atoms with Gasteiger partial charge in [0.15, 0.2) is 0 Å². The summed E-state index contributed by atoms with van der Waals surface area (Å²) in [6.07, 6.45) is 2.74. The van der Waals surface area contributed by atoms with Gasteiger partial charge in [-0.3, -0.25) is 4.79 Å². The van der Waals surface area contributed by atoms with Gasteiger partial charge in [-0.1, -0.05) is 18.5 Å². The largest absolute Gasteiger partial charge is 0.496 e. The molecule has 1 aromatic rings. The first-order chi connectivity index (χ1) is 7.96. The molecular formula is C14H17ClO2. The Bertz CT molecular complexity index is 462. The van der Waals surface area contributed by atoms with Gasteiger partial charge < -0.3 is 4.74 Å². The van der Waals surface area contributed by atoms with E-state index in [0.29, 0.717) is 12.2 Å². The Morgan fingerprint density at radius 1 is 1.47 bits per heavy atom. The molecule has 0 bridgehead atoms. The number of halogens is 1. The summed E-state index contributed by atoms with van der Waals surface area (Å²) in [5.41, 5.74) is 2.29. The second kappa shape index (κ2) is 4.34. The van der Waals surface area contributed by atoms with Crippen LogP contribution in [-0.2, 0) is 16.6 Å². The summed E-state index contributed by atoms with van der Waals surface area (Å²) in [5.74, 6) is 0.843. The van der Waals surface area contributed by atoms with Crippen molar-refractivity contribution in [3.8, 4) is 5.75 Å². The zero-order valence-electron chi connectivity index (χ0n) is 10.5. The van der Waals surface area contributed by atoms with Crippen LogP contribution in [0.15, 0.2) is 12.1 Å². The number of hydrogen-bond donors (Lipinski definition) is 0. The monoisotopic (exact) mass is 252 g/mol. The van der Waals surface area contributed by atoms with Gasteiger partial charge >= 0.3 is 0 Å². The fourth-order valence-electron chi connectivity index (χ4n) is 2.12. The molecule has 0 heterocycles. The standard InChI is InChI=1S/C14H17ClO2/c1-9(16)6-10-7-11(14(2)4-5-14)12(15)8-13(10)17-3/h7-8H,4-6H2,1-3H3. The molecule has 0 aliphatic heterocycles. The van der Waals surface area contributed by atoms with Crippen LogP contribution < -0.4 is 4.74 Å². The molecular weight excluding hydrogens is 236 g/mol. The van der Waals surface area contributed by atoms with Gasteiger partial charge in [-0.15, -0.1) is 0 Å². The maximum absolute atomic E-state index is 11.3. The third kappa shape index (κ3) is 2.47. The van der Waals surface area contributed by atoms with Crippen LogP contribution in [0.3, 0.4) is 0 Å². The lowest BCUT2D eigenvalue weighted by Gasteiger charge is -2.16. The number of methoxy groups -OCH3 is 1. The van der Waals surface area contributed by atoms with Gasteiger partial charge in [0.2, 0.25) is 0 Å². The maximum Gasteiger partial charge on any atom is 0.134 e. The number of carbonyl (C=O) groups excluding carboxylic acids is 1. The van der Waals surface area contributed by atoms with Crippen LogP contribution in [-0.4, -0.2) is 12.9 Å². The number of rotatable bonds is 4. The predicted molar refractivity (Wildman–Crippen MR) is 69.0 cm³/mol. The van der Waals surface area contributed by atoms with Gasteiger partial charge in [-0.2, -0.15) is 0 Å². The van der Waals surface area contributed by atoms with Gasteiger partial charge in [0.25, 0.3) is 0 Å². The lowest BCUT2D eigenvalue weighted by atomic mass is 9.94. The highest BCUT2D eigenvalue weighted by molar-refractivity contribution is 6.31. The van der Waals surface area contributed by atoms with Crippen LogP contribution >= 0.6 is 11.6 Å².